The number of benzene rings is 2. The average molecular weight is 1020 g/mol. The van der Waals surface area contributed by atoms with Gasteiger partial charge in [0.2, 0.25) is 11.8 Å². The lowest BCUT2D eigenvalue weighted by Crippen LogP contribution is -2.48. The number of hydrogen-bond donors (Lipinski definition) is 1. The maximum Gasteiger partial charge on any atom is 0.213 e. The van der Waals surface area contributed by atoms with Gasteiger partial charge in [-0.1, -0.05) is 24.3 Å². The van der Waals surface area contributed by atoms with Gasteiger partial charge in [0.15, 0.2) is 16.7 Å². The number of nitrogens with zero attached hydrogens (tertiary/aromatic N) is 11. The number of aromatic nitrogens is 8. The molecule has 0 bridgehead atoms. The summed E-state index contributed by atoms with van der Waals surface area (Å²) < 4.78 is 15.5. The van der Waals surface area contributed by atoms with Crippen LogP contribution in [0.15, 0.2) is 148 Å². The molecule has 16 nitrogen and oxygen atoms in total. The number of aryl methyl sites for hydroxylation is 2. The van der Waals surface area contributed by atoms with Crippen molar-refractivity contribution >= 4 is 43.6 Å². The van der Waals surface area contributed by atoms with E-state index >= 15 is 0 Å². The van der Waals surface area contributed by atoms with Crippen LogP contribution in [0, 0.1) is 0 Å². The van der Waals surface area contributed by atoms with E-state index in [0.717, 1.165) is 113 Å². The Bertz CT molecular complexity index is 3100. The average Bonchev–Trinajstić information content (AvgIpc) is 3.42. The molecule has 2 aromatic carbocycles. The lowest BCUT2D eigenvalue weighted by molar-refractivity contribution is 0.149. The Morgan fingerprint density at radius 3 is 1.69 bits per heavy atom. The number of para-hydroxylation sites is 2. The van der Waals surface area contributed by atoms with Crippen LogP contribution in [0.5, 0.6) is 11.8 Å². The summed E-state index contributed by atoms with van der Waals surface area (Å²) in [6.45, 7) is 6.39. The standard InChI is InChI=1S/C27H30N6O2.C23H28N4O2.C4H3BrN2/c1-31-17-21(27(34)23-8-3-4-9-24(23)31)18-33(16-20-11-13-28-26(15-20)35-2)22-7-6-14-32(19-22)25-10-5-12-29-30-25;1-26-15-18(23(28)20-7-3-4-8-21(20)26)16-27(19-6-5-10-24-13-19)14-17-9-11-25-22(12-17)29-2;5-4-2-1-3-6-7-4/h3-5,8-13,15,17,22H,6-7,14,16,18-19H2,1-2H3;3-4,7-9,11-12,15,19,24H,5-6,10,13-14,16H2,1-2H3;1-3H. The first-order valence-electron chi connectivity index (χ1n) is 23.9. The van der Waals surface area contributed by atoms with Crippen LogP contribution in [0.4, 0.5) is 5.82 Å². The number of rotatable bonds is 13. The van der Waals surface area contributed by atoms with Crippen molar-refractivity contribution in [3.8, 4) is 11.8 Å². The summed E-state index contributed by atoms with van der Waals surface area (Å²) in [5.74, 6) is 2.10. The van der Waals surface area contributed by atoms with E-state index in [2.05, 4.69) is 70.9 Å². The van der Waals surface area contributed by atoms with Crippen LogP contribution in [-0.2, 0) is 40.3 Å². The molecule has 2 atom stereocenters. The van der Waals surface area contributed by atoms with Crippen LogP contribution in [-0.4, -0.2) is 102 Å². The number of fused-ring (bicyclic) bond motifs is 2. The van der Waals surface area contributed by atoms with Gasteiger partial charge in [-0.25, -0.2) is 9.97 Å². The van der Waals surface area contributed by atoms with Crippen LogP contribution in [0.3, 0.4) is 0 Å². The molecule has 8 aromatic rings. The van der Waals surface area contributed by atoms with Crippen LogP contribution >= 0.6 is 15.9 Å². The summed E-state index contributed by atoms with van der Waals surface area (Å²) >= 11 is 3.14. The minimum Gasteiger partial charge on any atom is -0.481 e. The highest BCUT2D eigenvalue weighted by Gasteiger charge is 2.28. The van der Waals surface area contributed by atoms with E-state index in [4.69, 9.17) is 9.47 Å². The molecular weight excluding hydrogens is 961 g/mol. The van der Waals surface area contributed by atoms with E-state index in [0.29, 0.717) is 37.4 Å². The first-order valence-corrected chi connectivity index (χ1v) is 24.7. The van der Waals surface area contributed by atoms with Gasteiger partial charge in [-0.15, -0.1) is 10.2 Å². The Labute approximate surface area is 422 Å². The minimum absolute atomic E-state index is 0.0950. The van der Waals surface area contributed by atoms with E-state index < -0.39 is 0 Å². The third-order valence-corrected chi connectivity index (χ3v) is 13.4. The summed E-state index contributed by atoms with van der Waals surface area (Å²) in [5, 5.41) is 20.7. The molecule has 2 aliphatic rings. The van der Waals surface area contributed by atoms with Gasteiger partial charge in [0.05, 0.1) is 25.3 Å². The number of methoxy groups -OCH3 is 2. The van der Waals surface area contributed by atoms with Crippen molar-refractivity contribution in [2.75, 3.05) is 45.3 Å². The van der Waals surface area contributed by atoms with E-state index in [1.807, 2.05) is 128 Å². The zero-order chi connectivity index (χ0) is 49.5. The minimum atomic E-state index is 0.0950. The van der Waals surface area contributed by atoms with Crippen LogP contribution < -0.4 is 30.5 Å². The van der Waals surface area contributed by atoms with Crippen molar-refractivity contribution in [2.45, 2.75) is 63.9 Å². The van der Waals surface area contributed by atoms with E-state index in [1.165, 1.54) is 0 Å². The number of piperidine rings is 2. The second-order valence-corrected chi connectivity index (χ2v) is 18.6. The smallest absolute Gasteiger partial charge is 0.213 e. The fraction of sp³-hybridized carbons (Fsp3) is 0.333. The lowest BCUT2D eigenvalue weighted by atomic mass is 10.0. The maximum atomic E-state index is 13.4. The van der Waals surface area contributed by atoms with Crippen molar-refractivity contribution < 1.29 is 9.47 Å². The normalized spacial score (nSPS) is 15.7. The third-order valence-electron chi connectivity index (χ3n) is 13.0. The maximum absolute atomic E-state index is 13.4. The molecular formula is C54H61BrN12O4. The molecule has 0 amide bonds. The largest absolute Gasteiger partial charge is 0.481 e. The molecule has 0 radical (unpaired) electrons. The molecule has 368 valence electrons. The van der Waals surface area contributed by atoms with Crippen molar-refractivity contribution in [3.63, 3.8) is 0 Å². The van der Waals surface area contributed by atoms with E-state index in [-0.39, 0.29) is 16.9 Å². The van der Waals surface area contributed by atoms with Crippen molar-refractivity contribution in [1.82, 2.24) is 54.6 Å². The first-order chi connectivity index (χ1) is 34.7. The number of ether oxygens (including phenoxy) is 2. The van der Waals surface area contributed by atoms with Gasteiger partial charge in [0.1, 0.15) is 4.60 Å². The van der Waals surface area contributed by atoms with Crippen LogP contribution in [0.25, 0.3) is 21.8 Å². The Hall–Kier alpha value is -6.92. The van der Waals surface area contributed by atoms with Crippen molar-refractivity contribution in [1.29, 1.82) is 0 Å². The predicted octanol–water partition coefficient (Wildman–Crippen LogP) is 7.34. The Balaban J connectivity index is 0.000000169. The molecule has 17 heteroatoms. The van der Waals surface area contributed by atoms with Crippen molar-refractivity contribution in [3.05, 3.63) is 182 Å². The number of hydrogen-bond acceptors (Lipinski definition) is 14. The van der Waals surface area contributed by atoms with Gasteiger partial charge in [-0.3, -0.25) is 19.4 Å². The van der Waals surface area contributed by atoms with Crippen molar-refractivity contribution in [2.24, 2.45) is 14.1 Å². The fourth-order valence-electron chi connectivity index (χ4n) is 9.45. The van der Waals surface area contributed by atoms with Gasteiger partial charge in [0.25, 0.3) is 0 Å². The Morgan fingerprint density at radius 2 is 1.20 bits per heavy atom. The number of pyridine rings is 4. The number of nitrogens with one attached hydrogen (secondary N) is 1. The Kier molecular flexibility index (Phi) is 17.6. The molecule has 2 unspecified atom stereocenters. The SMILES string of the molecule is Brc1cccnn1.COc1cc(CN(Cc2cn(C)c3ccccc3c2=O)C2CCCN(c3cccnn3)C2)ccn1.COc1cc(CN(Cc2cn(C)c3ccccc3c2=O)C2CCCNC2)ccn1. The molecule has 10 rings (SSSR count). The second kappa shape index (κ2) is 24.8. The molecule has 71 heavy (non-hydrogen) atoms. The summed E-state index contributed by atoms with van der Waals surface area (Å²) in [6.07, 6.45) is 15.2. The molecule has 2 fully saturated rings. The molecule has 0 spiro atoms. The van der Waals surface area contributed by atoms with Gasteiger partial charge in [-0.05, 0) is 120 Å². The van der Waals surface area contributed by atoms with Gasteiger partial charge in [-0.2, -0.15) is 10.2 Å². The van der Waals surface area contributed by atoms with Gasteiger partial charge < -0.3 is 28.8 Å². The third kappa shape index (κ3) is 13.3. The molecule has 2 aliphatic heterocycles. The summed E-state index contributed by atoms with van der Waals surface area (Å²) in [7, 11) is 7.27. The van der Waals surface area contributed by atoms with Crippen LogP contribution in [0.1, 0.15) is 47.9 Å². The predicted molar refractivity (Wildman–Crippen MR) is 281 cm³/mol. The highest BCUT2D eigenvalue weighted by molar-refractivity contribution is 9.10. The van der Waals surface area contributed by atoms with Gasteiger partial charge >= 0.3 is 0 Å². The molecule has 1 N–H and O–H groups in total. The van der Waals surface area contributed by atoms with Crippen LogP contribution in [0.2, 0.25) is 0 Å². The summed E-state index contributed by atoms with van der Waals surface area (Å²) in [5.41, 5.74) is 5.99. The van der Waals surface area contributed by atoms with Gasteiger partial charge in [0, 0.05) is 143 Å². The zero-order valence-electron chi connectivity index (χ0n) is 40.8. The lowest BCUT2D eigenvalue weighted by Gasteiger charge is -2.40. The topological polar surface area (TPSA) is 162 Å². The van der Waals surface area contributed by atoms with E-state index in [1.54, 1.807) is 39.0 Å². The second-order valence-electron chi connectivity index (χ2n) is 17.8. The number of anilines is 1. The zero-order valence-corrected chi connectivity index (χ0v) is 42.4. The molecule has 0 saturated carbocycles. The summed E-state index contributed by atoms with van der Waals surface area (Å²) in [6, 6.07) is 31.8. The molecule has 6 aromatic heterocycles. The Morgan fingerprint density at radius 1 is 0.648 bits per heavy atom. The number of halogens is 1. The monoisotopic (exact) mass is 1020 g/mol. The quantitative estimate of drug-likeness (QED) is 0.122. The highest BCUT2D eigenvalue weighted by Crippen LogP contribution is 2.25. The molecule has 2 saturated heterocycles. The fourth-order valence-corrected chi connectivity index (χ4v) is 9.69. The molecule has 0 aliphatic carbocycles. The first kappa shape index (κ1) is 50.5. The highest BCUT2D eigenvalue weighted by atomic mass is 79.9. The van der Waals surface area contributed by atoms with E-state index in [9.17, 15) is 9.59 Å². The summed E-state index contributed by atoms with van der Waals surface area (Å²) in [4.78, 5) is 42.2. The molecule has 8 heterocycles.